The largest absolute Gasteiger partial charge is 0.425 e. The number of aromatic nitrogens is 3. The second-order valence-electron chi connectivity index (χ2n) is 7.42. The highest BCUT2D eigenvalue weighted by Crippen LogP contribution is 2.25. The van der Waals surface area contributed by atoms with Crippen molar-refractivity contribution >= 4 is 32.7 Å². The maximum absolute atomic E-state index is 13.0. The Morgan fingerprint density at radius 1 is 1.00 bits per heavy atom. The lowest BCUT2D eigenvalue weighted by Gasteiger charge is -2.20. The summed E-state index contributed by atoms with van der Waals surface area (Å²) in [7, 11) is -2.23. The van der Waals surface area contributed by atoms with Gasteiger partial charge >= 0.3 is 5.97 Å². The molecular formula is C23H22N4O4S. The first kappa shape index (κ1) is 21.5. The number of carbonyl (C=O) groups is 1. The predicted molar refractivity (Wildman–Crippen MR) is 121 cm³/mol. The van der Waals surface area contributed by atoms with Gasteiger partial charge in [0, 0.05) is 7.05 Å². The highest BCUT2D eigenvalue weighted by molar-refractivity contribution is 7.92. The molecule has 164 valence electrons. The fourth-order valence-electron chi connectivity index (χ4n) is 3.22. The molecule has 0 saturated heterocycles. The molecule has 3 aromatic carbocycles. The summed E-state index contributed by atoms with van der Waals surface area (Å²) < 4.78 is 34.0. The number of fused-ring (bicyclic) bond motifs is 1. The summed E-state index contributed by atoms with van der Waals surface area (Å²) in [4.78, 5) is 12.5. The van der Waals surface area contributed by atoms with Crippen molar-refractivity contribution < 1.29 is 17.9 Å². The third-order valence-corrected chi connectivity index (χ3v) is 7.05. The summed E-state index contributed by atoms with van der Waals surface area (Å²) in [5, 5.41) is 7.98. The lowest BCUT2D eigenvalue weighted by molar-refractivity contribution is -0.135. The molecular weight excluding hydrogens is 428 g/mol. The maximum Gasteiger partial charge on any atom is 0.333 e. The van der Waals surface area contributed by atoms with Crippen LogP contribution < -0.4 is 9.04 Å². The minimum Gasteiger partial charge on any atom is -0.425 e. The Labute approximate surface area is 186 Å². The van der Waals surface area contributed by atoms with Gasteiger partial charge in [-0.05, 0) is 73.5 Å². The predicted octanol–water partition coefficient (Wildman–Crippen LogP) is 3.48. The number of rotatable bonds is 6. The van der Waals surface area contributed by atoms with Crippen molar-refractivity contribution in [1.82, 2.24) is 15.0 Å². The third kappa shape index (κ3) is 4.19. The van der Waals surface area contributed by atoms with E-state index in [1.54, 1.807) is 42.5 Å². The highest BCUT2D eigenvalue weighted by atomic mass is 32.2. The number of carbonyl (C=O) groups excluding carboxylic acids is 1. The smallest absolute Gasteiger partial charge is 0.333 e. The molecule has 0 aliphatic carbocycles. The van der Waals surface area contributed by atoms with Gasteiger partial charge in [0.05, 0.1) is 16.1 Å². The molecule has 0 fully saturated rings. The van der Waals surface area contributed by atoms with E-state index in [0.717, 1.165) is 16.6 Å². The number of para-hydroxylation sites is 1. The second-order valence-corrected chi connectivity index (χ2v) is 9.39. The van der Waals surface area contributed by atoms with Gasteiger partial charge in [-0.25, -0.2) is 17.9 Å². The Morgan fingerprint density at radius 2 is 1.72 bits per heavy atom. The van der Waals surface area contributed by atoms with Crippen molar-refractivity contribution in [2.75, 3.05) is 11.4 Å². The van der Waals surface area contributed by atoms with E-state index in [-0.39, 0.29) is 11.4 Å². The van der Waals surface area contributed by atoms with Gasteiger partial charge in [-0.2, -0.15) is 0 Å². The molecule has 0 bridgehead atoms. The number of nitrogens with zero attached hydrogens (tertiary/aromatic N) is 4. The molecule has 0 unspecified atom stereocenters. The van der Waals surface area contributed by atoms with Gasteiger partial charge in [0.25, 0.3) is 10.0 Å². The van der Waals surface area contributed by atoms with E-state index in [1.807, 2.05) is 38.1 Å². The first-order valence-electron chi connectivity index (χ1n) is 9.91. The first-order chi connectivity index (χ1) is 15.3. The Kier molecular flexibility index (Phi) is 5.67. The standard InChI is InChI=1S/C23H22N4O4S/c1-16-8-13-20(14-17(16)2)32(29,30)26(3)18-9-11-19(12-10-18)31-23(28)15-27-22-7-5-4-6-21(22)24-25-27/h4-14H,15H2,1-3H3. The molecule has 1 heterocycles. The first-order valence-corrected chi connectivity index (χ1v) is 11.3. The van der Waals surface area contributed by atoms with Crippen LogP contribution in [0.1, 0.15) is 11.1 Å². The number of hydrogen-bond donors (Lipinski definition) is 0. The monoisotopic (exact) mass is 450 g/mol. The molecule has 0 aliphatic rings. The van der Waals surface area contributed by atoms with Crippen LogP contribution in [0.15, 0.2) is 71.6 Å². The SMILES string of the molecule is Cc1ccc(S(=O)(=O)N(C)c2ccc(OC(=O)Cn3nnc4ccccc43)cc2)cc1C. The van der Waals surface area contributed by atoms with Crippen molar-refractivity contribution in [3.63, 3.8) is 0 Å². The number of aryl methyl sites for hydroxylation is 2. The molecule has 0 atom stereocenters. The van der Waals surface area contributed by atoms with E-state index >= 15 is 0 Å². The van der Waals surface area contributed by atoms with Gasteiger partial charge in [-0.15, -0.1) is 5.10 Å². The van der Waals surface area contributed by atoms with Gasteiger partial charge in [-0.3, -0.25) is 4.31 Å². The summed E-state index contributed by atoms with van der Waals surface area (Å²) >= 11 is 0. The minimum absolute atomic E-state index is 0.0939. The molecule has 8 nitrogen and oxygen atoms in total. The third-order valence-electron chi connectivity index (χ3n) is 5.27. The van der Waals surface area contributed by atoms with Crippen LogP contribution in [0.4, 0.5) is 5.69 Å². The van der Waals surface area contributed by atoms with Crippen LogP contribution in [0.2, 0.25) is 0 Å². The van der Waals surface area contributed by atoms with Crippen molar-refractivity contribution in [2.24, 2.45) is 0 Å². The van der Waals surface area contributed by atoms with Crippen LogP contribution in [-0.2, 0) is 21.4 Å². The summed E-state index contributed by atoms with van der Waals surface area (Å²) in [5.74, 6) is -0.204. The molecule has 1 aromatic heterocycles. The van der Waals surface area contributed by atoms with E-state index in [2.05, 4.69) is 10.3 Å². The van der Waals surface area contributed by atoms with E-state index in [4.69, 9.17) is 4.74 Å². The quantitative estimate of drug-likeness (QED) is 0.330. The summed E-state index contributed by atoms with van der Waals surface area (Å²) in [5.41, 5.74) is 3.81. The van der Waals surface area contributed by atoms with Crippen LogP contribution in [-0.4, -0.2) is 36.4 Å². The van der Waals surface area contributed by atoms with Crippen molar-refractivity contribution in [1.29, 1.82) is 0 Å². The van der Waals surface area contributed by atoms with Gasteiger partial charge in [0.1, 0.15) is 17.8 Å². The van der Waals surface area contributed by atoms with Crippen molar-refractivity contribution in [2.45, 2.75) is 25.3 Å². The Balaban J connectivity index is 1.46. The van der Waals surface area contributed by atoms with Crippen LogP contribution >= 0.6 is 0 Å². The van der Waals surface area contributed by atoms with Crippen LogP contribution in [0, 0.1) is 13.8 Å². The number of esters is 1. The van der Waals surface area contributed by atoms with Crippen LogP contribution in [0.25, 0.3) is 11.0 Å². The van der Waals surface area contributed by atoms with Crippen LogP contribution in [0.5, 0.6) is 5.75 Å². The fourth-order valence-corrected chi connectivity index (χ4v) is 4.50. The molecule has 0 amide bonds. The van der Waals surface area contributed by atoms with E-state index in [9.17, 15) is 13.2 Å². The number of benzene rings is 3. The highest BCUT2D eigenvalue weighted by Gasteiger charge is 2.22. The maximum atomic E-state index is 13.0. The normalized spacial score (nSPS) is 11.5. The lowest BCUT2D eigenvalue weighted by atomic mass is 10.1. The number of hydrogen-bond acceptors (Lipinski definition) is 6. The molecule has 0 saturated carbocycles. The zero-order valence-corrected chi connectivity index (χ0v) is 18.7. The minimum atomic E-state index is -3.72. The van der Waals surface area contributed by atoms with E-state index < -0.39 is 16.0 Å². The Bertz CT molecular complexity index is 1400. The molecule has 32 heavy (non-hydrogen) atoms. The van der Waals surface area contributed by atoms with Gasteiger partial charge in [-0.1, -0.05) is 23.4 Å². The number of sulfonamides is 1. The molecule has 4 aromatic rings. The number of anilines is 1. The molecule has 0 N–H and O–H groups in total. The van der Waals surface area contributed by atoms with Crippen molar-refractivity contribution in [3.8, 4) is 5.75 Å². The number of ether oxygens (including phenoxy) is 1. The molecule has 9 heteroatoms. The van der Waals surface area contributed by atoms with Gasteiger partial charge in [0.15, 0.2) is 0 Å². The molecule has 4 rings (SSSR count). The van der Waals surface area contributed by atoms with Crippen LogP contribution in [0.3, 0.4) is 0 Å². The van der Waals surface area contributed by atoms with Crippen molar-refractivity contribution in [3.05, 3.63) is 77.9 Å². The Morgan fingerprint density at radius 3 is 2.44 bits per heavy atom. The molecule has 0 aliphatic heterocycles. The second kappa shape index (κ2) is 8.43. The average Bonchev–Trinajstić information content (AvgIpc) is 3.18. The Hall–Kier alpha value is -3.72. The summed E-state index contributed by atoms with van der Waals surface area (Å²) in [6, 6.07) is 18.7. The van der Waals surface area contributed by atoms with Gasteiger partial charge in [0.2, 0.25) is 0 Å². The summed E-state index contributed by atoms with van der Waals surface area (Å²) in [6.07, 6.45) is 0. The fraction of sp³-hybridized carbons (Fsp3) is 0.174. The molecule has 0 spiro atoms. The van der Waals surface area contributed by atoms with E-state index in [1.165, 1.54) is 16.0 Å². The zero-order chi connectivity index (χ0) is 22.9. The zero-order valence-electron chi connectivity index (χ0n) is 17.9. The molecule has 0 radical (unpaired) electrons. The topological polar surface area (TPSA) is 94.4 Å². The summed E-state index contributed by atoms with van der Waals surface area (Å²) in [6.45, 7) is 3.71. The van der Waals surface area contributed by atoms with E-state index in [0.29, 0.717) is 17.0 Å². The van der Waals surface area contributed by atoms with Gasteiger partial charge < -0.3 is 4.74 Å². The lowest BCUT2D eigenvalue weighted by Crippen LogP contribution is -2.26. The average molecular weight is 451 g/mol.